The van der Waals surface area contributed by atoms with E-state index in [9.17, 15) is 27.6 Å². The molecule has 0 aliphatic heterocycles. The van der Waals surface area contributed by atoms with Crippen molar-refractivity contribution < 1.29 is 46.5 Å². The lowest BCUT2D eigenvalue weighted by molar-refractivity contribution is -0.277. The fourth-order valence-electron chi connectivity index (χ4n) is 5.16. The van der Waals surface area contributed by atoms with Crippen molar-refractivity contribution in [2.24, 2.45) is 5.92 Å². The van der Waals surface area contributed by atoms with E-state index in [2.05, 4.69) is 13.2 Å². The van der Waals surface area contributed by atoms with E-state index in [0.717, 1.165) is 30.4 Å². The van der Waals surface area contributed by atoms with Crippen molar-refractivity contribution in [3.63, 3.8) is 0 Å². The molecule has 1 aromatic carbocycles. The van der Waals surface area contributed by atoms with Gasteiger partial charge in [-0.25, -0.2) is 4.79 Å². The zero-order chi connectivity index (χ0) is 33.1. The molecule has 0 fully saturated rings. The molecule has 0 bridgehead atoms. The predicted octanol–water partition coefficient (Wildman–Crippen LogP) is 7.47. The lowest BCUT2D eigenvalue weighted by atomic mass is 9.86. The highest BCUT2D eigenvalue weighted by Gasteiger charge is 2.64. The maximum absolute atomic E-state index is 14.6. The van der Waals surface area contributed by atoms with Gasteiger partial charge in [0.25, 0.3) is 5.60 Å². The quantitative estimate of drug-likeness (QED) is 0.169. The molecular formula is C34H43F3O7. The summed E-state index contributed by atoms with van der Waals surface area (Å²) in [5.74, 6) is -2.93. The van der Waals surface area contributed by atoms with Crippen LogP contribution in [0, 0.1) is 5.92 Å². The van der Waals surface area contributed by atoms with Crippen LogP contribution in [-0.2, 0) is 38.9 Å². The molecule has 4 atom stereocenters. The standard InChI is InChI=1S/C34H43F3O7/c1-22(2)29-18-16-23(3)12-11-13-24(4)30(19-17-27(21-42-25(5)38)20-31(29)43-26(6)39)44-32(40)33(41-7,34(35,36)37)28-14-9-8-10-15-28/h8-10,12,14-15,20,29-31H,1,4,11,13,16-19,21H2,2-3,5-7H3/b23-12+,27-20+/t29-,30-,31+,33+/m1/s1. The first-order chi connectivity index (χ1) is 20.6. The van der Waals surface area contributed by atoms with Crippen molar-refractivity contribution in [3.05, 3.63) is 83.5 Å². The first kappa shape index (κ1) is 36.5. The lowest BCUT2D eigenvalue weighted by Gasteiger charge is -2.34. The fourth-order valence-corrected chi connectivity index (χ4v) is 5.16. The van der Waals surface area contributed by atoms with Gasteiger partial charge in [0.15, 0.2) is 0 Å². The minimum absolute atomic E-state index is 0.0251. The molecule has 0 heterocycles. The number of hydrogen-bond donors (Lipinski definition) is 0. The molecule has 0 saturated heterocycles. The smallest absolute Gasteiger partial charge is 0.432 e. The highest BCUT2D eigenvalue weighted by molar-refractivity contribution is 5.83. The van der Waals surface area contributed by atoms with Crippen LogP contribution in [0.25, 0.3) is 0 Å². The Morgan fingerprint density at radius 3 is 2.16 bits per heavy atom. The van der Waals surface area contributed by atoms with E-state index in [1.807, 2.05) is 19.9 Å². The van der Waals surface area contributed by atoms with Gasteiger partial charge in [-0.3, -0.25) is 9.59 Å². The summed E-state index contributed by atoms with van der Waals surface area (Å²) in [4.78, 5) is 37.3. The number of carbonyl (C=O) groups excluding carboxylic acids is 3. The molecule has 0 radical (unpaired) electrons. The van der Waals surface area contributed by atoms with Gasteiger partial charge in [-0.2, -0.15) is 13.2 Å². The van der Waals surface area contributed by atoms with Gasteiger partial charge in [0.05, 0.1) is 0 Å². The maximum Gasteiger partial charge on any atom is 0.432 e. The van der Waals surface area contributed by atoms with Crippen LogP contribution >= 0.6 is 0 Å². The van der Waals surface area contributed by atoms with E-state index >= 15 is 0 Å². The molecule has 10 heteroatoms. The minimum atomic E-state index is -5.14. The Hall–Kier alpha value is -3.66. The van der Waals surface area contributed by atoms with Gasteiger partial charge in [-0.15, -0.1) is 0 Å². The van der Waals surface area contributed by atoms with E-state index < -0.39 is 47.5 Å². The van der Waals surface area contributed by atoms with E-state index in [4.69, 9.17) is 18.9 Å². The van der Waals surface area contributed by atoms with Crippen LogP contribution in [0.3, 0.4) is 0 Å². The summed E-state index contributed by atoms with van der Waals surface area (Å²) >= 11 is 0. The van der Waals surface area contributed by atoms with Crippen molar-refractivity contribution in [1.82, 2.24) is 0 Å². The summed E-state index contributed by atoms with van der Waals surface area (Å²) in [6.45, 7) is 14.3. The zero-order valence-corrected chi connectivity index (χ0v) is 26.1. The summed E-state index contributed by atoms with van der Waals surface area (Å²) < 4.78 is 65.2. The fraction of sp³-hybridized carbons (Fsp3) is 0.500. The van der Waals surface area contributed by atoms with E-state index in [-0.39, 0.29) is 25.4 Å². The van der Waals surface area contributed by atoms with Crippen LogP contribution in [0.1, 0.15) is 71.8 Å². The minimum Gasteiger partial charge on any atom is -0.461 e. The van der Waals surface area contributed by atoms with Crippen molar-refractivity contribution in [2.45, 2.75) is 90.2 Å². The largest absolute Gasteiger partial charge is 0.461 e. The number of esters is 3. The molecule has 0 unspecified atom stereocenters. The number of halogens is 3. The second-order valence-electron chi connectivity index (χ2n) is 11.1. The van der Waals surface area contributed by atoms with Gasteiger partial charge in [-0.05, 0) is 69.6 Å². The molecular weight excluding hydrogens is 577 g/mol. The molecule has 7 nitrogen and oxygen atoms in total. The first-order valence-electron chi connectivity index (χ1n) is 14.5. The molecule has 242 valence electrons. The Morgan fingerprint density at radius 2 is 1.61 bits per heavy atom. The topological polar surface area (TPSA) is 88.1 Å². The second-order valence-corrected chi connectivity index (χ2v) is 11.1. The molecule has 1 aromatic rings. The van der Waals surface area contributed by atoms with Gasteiger partial charge >= 0.3 is 24.1 Å². The summed E-state index contributed by atoms with van der Waals surface area (Å²) in [5, 5.41) is 0. The molecule has 2 rings (SSSR count). The zero-order valence-electron chi connectivity index (χ0n) is 26.1. The predicted molar refractivity (Wildman–Crippen MR) is 160 cm³/mol. The number of hydrogen-bond acceptors (Lipinski definition) is 7. The monoisotopic (exact) mass is 620 g/mol. The second kappa shape index (κ2) is 16.4. The van der Waals surface area contributed by atoms with Crippen LogP contribution in [-0.4, -0.2) is 50.0 Å². The summed E-state index contributed by atoms with van der Waals surface area (Å²) in [7, 11) is 0.810. The van der Waals surface area contributed by atoms with E-state index in [1.54, 1.807) is 6.08 Å². The number of rotatable bonds is 8. The van der Waals surface area contributed by atoms with Crippen molar-refractivity contribution in [1.29, 1.82) is 0 Å². The summed E-state index contributed by atoms with van der Waals surface area (Å²) in [6.07, 6.45) is -0.960. The molecule has 0 spiro atoms. The molecule has 0 saturated carbocycles. The Kier molecular flexibility index (Phi) is 13.6. The molecule has 1 aliphatic carbocycles. The number of methoxy groups -OCH3 is 1. The maximum atomic E-state index is 14.6. The van der Waals surface area contributed by atoms with Crippen LogP contribution in [0.2, 0.25) is 0 Å². The van der Waals surface area contributed by atoms with Crippen molar-refractivity contribution in [2.75, 3.05) is 13.7 Å². The van der Waals surface area contributed by atoms with Crippen LogP contribution < -0.4 is 0 Å². The van der Waals surface area contributed by atoms with Crippen molar-refractivity contribution in [3.8, 4) is 0 Å². The molecule has 44 heavy (non-hydrogen) atoms. The normalized spacial score (nSPS) is 24.3. The van der Waals surface area contributed by atoms with Crippen molar-refractivity contribution >= 4 is 17.9 Å². The van der Waals surface area contributed by atoms with Crippen LogP contribution in [0.15, 0.2) is 77.9 Å². The molecule has 0 N–H and O–H groups in total. The lowest BCUT2D eigenvalue weighted by Crippen LogP contribution is -2.52. The molecule has 1 aliphatic rings. The number of ether oxygens (including phenoxy) is 4. The first-order valence-corrected chi connectivity index (χ1v) is 14.5. The average Bonchev–Trinajstić information content (AvgIpc) is 2.93. The SMILES string of the molecule is C=C(C)[C@H]1CC/C(C)=C/CCC(=C)[C@H](OC(=O)[C@@](OC)(c2ccccc2)C(F)(F)F)CC/C(COC(C)=O)=C\[C@@H]1OC(C)=O. The number of allylic oxidation sites excluding steroid dienone is 2. The number of alkyl halides is 3. The van der Waals surface area contributed by atoms with E-state index in [0.29, 0.717) is 36.8 Å². The Balaban J connectivity index is 2.58. The molecule has 0 amide bonds. The van der Waals surface area contributed by atoms with Crippen LogP contribution in [0.5, 0.6) is 0 Å². The number of benzene rings is 1. The Morgan fingerprint density at radius 1 is 0.955 bits per heavy atom. The van der Waals surface area contributed by atoms with Gasteiger partial charge in [0, 0.05) is 32.4 Å². The Bertz CT molecular complexity index is 1250. The van der Waals surface area contributed by atoms with Gasteiger partial charge < -0.3 is 18.9 Å². The highest BCUT2D eigenvalue weighted by atomic mass is 19.4. The third-order valence-corrected chi connectivity index (χ3v) is 7.61. The van der Waals surface area contributed by atoms with Crippen LogP contribution in [0.4, 0.5) is 13.2 Å². The van der Waals surface area contributed by atoms with Gasteiger partial charge in [0.1, 0.15) is 18.8 Å². The summed E-state index contributed by atoms with van der Waals surface area (Å²) in [5.41, 5.74) is -0.982. The number of carbonyl (C=O) groups is 3. The highest BCUT2D eigenvalue weighted by Crippen LogP contribution is 2.43. The molecule has 0 aromatic heterocycles. The third-order valence-electron chi connectivity index (χ3n) is 7.61. The van der Waals surface area contributed by atoms with E-state index in [1.165, 1.54) is 32.0 Å². The summed E-state index contributed by atoms with van der Waals surface area (Å²) in [6, 6.07) is 6.59. The average molecular weight is 621 g/mol. The Labute approximate surface area is 257 Å². The third kappa shape index (κ3) is 9.94. The van der Waals surface area contributed by atoms with Gasteiger partial charge in [0.2, 0.25) is 0 Å². The van der Waals surface area contributed by atoms with Gasteiger partial charge in [-0.1, -0.05) is 60.7 Å².